The molecule has 0 fully saturated rings. The lowest BCUT2D eigenvalue weighted by atomic mass is 10.0. The molecule has 38 heavy (non-hydrogen) atoms. The van der Waals surface area contributed by atoms with Gasteiger partial charge in [-0.05, 0) is 18.6 Å². The van der Waals surface area contributed by atoms with Crippen LogP contribution in [0, 0.1) is 0 Å². The molecule has 0 spiro atoms. The number of carbonyl (C=O) groups excluding carboxylic acids is 3. The third-order valence-electron chi connectivity index (χ3n) is 5.56. The number of H-pyrrole nitrogens is 1. The monoisotopic (exact) mass is 535 g/mol. The van der Waals surface area contributed by atoms with E-state index in [4.69, 9.17) is 15.9 Å². The van der Waals surface area contributed by atoms with Crippen molar-refractivity contribution in [3.05, 3.63) is 36.0 Å². The number of benzene rings is 1. The molecule has 5 atom stereocenters. The molecule has 0 aliphatic carbocycles. The first-order valence-electron chi connectivity index (χ1n) is 11.4. The van der Waals surface area contributed by atoms with Gasteiger partial charge < -0.3 is 47.1 Å². The van der Waals surface area contributed by atoms with Gasteiger partial charge >= 0.3 is 17.9 Å². The Labute approximate surface area is 215 Å². The molecule has 15 nitrogen and oxygen atoms in total. The molecule has 1 heterocycles. The highest BCUT2D eigenvalue weighted by atomic mass is 16.4. The van der Waals surface area contributed by atoms with E-state index in [0.29, 0.717) is 5.56 Å². The van der Waals surface area contributed by atoms with Gasteiger partial charge in [-0.2, -0.15) is 0 Å². The first-order chi connectivity index (χ1) is 17.8. The van der Waals surface area contributed by atoms with E-state index in [1.54, 1.807) is 30.5 Å². The molecule has 2 rings (SSSR count). The lowest BCUT2D eigenvalue weighted by molar-refractivity contribution is -0.148. The standard InChI is InChI=1S/C23H29N5O10/c1-10(29)19(24)22(36)27-14(6-11-9-25-13-5-3-2-4-12(11)13)20(34)26-15(7-17(30)31)21(35)28-16(23(37)38)8-18(32)33/h2-5,9-10,14-16,19,25,29H,6-8,24H2,1H3,(H,26,34)(H,27,36)(H,28,35)(H,30,31)(H,32,33)(H,37,38). The minimum atomic E-state index is -1.89. The summed E-state index contributed by atoms with van der Waals surface area (Å²) in [6.45, 7) is 1.27. The number of nitrogens with one attached hydrogen (secondary N) is 4. The molecule has 15 heteroatoms. The predicted molar refractivity (Wildman–Crippen MR) is 130 cm³/mol. The van der Waals surface area contributed by atoms with Gasteiger partial charge in [0.1, 0.15) is 24.2 Å². The predicted octanol–water partition coefficient (Wildman–Crippen LogP) is -2.09. The van der Waals surface area contributed by atoms with Gasteiger partial charge in [-0.1, -0.05) is 18.2 Å². The van der Waals surface area contributed by atoms with E-state index in [1.165, 1.54) is 6.92 Å². The van der Waals surface area contributed by atoms with Crippen LogP contribution in [0.5, 0.6) is 0 Å². The highest BCUT2D eigenvalue weighted by Gasteiger charge is 2.33. The Morgan fingerprint density at radius 3 is 1.95 bits per heavy atom. The summed E-state index contributed by atoms with van der Waals surface area (Å²) < 4.78 is 0. The molecule has 0 aliphatic rings. The summed E-state index contributed by atoms with van der Waals surface area (Å²) in [7, 11) is 0. The van der Waals surface area contributed by atoms with Crippen LogP contribution in [0.4, 0.5) is 0 Å². The fraction of sp³-hybridized carbons (Fsp3) is 0.391. The van der Waals surface area contributed by atoms with Crippen LogP contribution < -0.4 is 21.7 Å². The van der Waals surface area contributed by atoms with Gasteiger partial charge in [0.2, 0.25) is 17.7 Å². The molecule has 10 N–H and O–H groups in total. The Morgan fingerprint density at radius 2 is 1.37 bits per heavy atom. The second-order valence-corrected chi connectivity index (χ2v) is 8.55. The summed E-state index contributed by atoms with van der Waals surface area (Å²) in [5, 5.41) is 44.1. The molecule has 3 amide bonds. The number of carboxylic acids is 3. The summed E-state index contributed by atoms with van der Waals surface area (Å²) >= 11 is 0. The summed E-state index contributed by atoms with van der Waals surface area (Å²) in [6, 6.07) is 0.555. The first-order valence-corrected chi connectivity index (χ1v) is 11.4. The van der Waals surface area contributed by atoms with Gasteiger partial charge in [-0.3, -0.25) is 24.0 Å². The van der Waals surface area contributed by atoms with Crippen molar-refractivity contribution in [2.24, 2.45) is 5.73 Å². The van der Waals surface area contributed by atoms with Crippen molar-refractivity contribution >= 4 is 46.5 Å². The highest BCUT2D eigenvalue weighted by molar-refractivity contribution is 5.96. The number of aliphatic hydroxyl groups excluding tert-OH is 1. The van der Waals surface area contributed by atoms with E-state index in [1.807, 2.05) is 5.32 Å². The van der Waals surface area contributed by atoms with Gasteiger partial charge in [-0.15, -0.1) is 0 Å². The normalized spacial score (nSPS) is 14.9. The first kappa shape index (κ1) is 29.7. The molecule has 5 unspecified atom stereocenters. The molecule has 0 bridgehead atoms. The van der Waals surface area contributed by atoms with Crippen LogP contribution in [0.2, 0.25) is 0 Å². The number of carboxylic acid groups (broad SMARTS) is 3. The Kier molecular flexibility index (Phi) is 10.3. The van der Waals surface area contributed by atoms with E-state index in [2.05, 4.69) is 15.6 Å². The number of aliphatic hydroxyl groups is 1. The van der Waals surface area contributed by atoms with Crippen LogP contribution in [0.25, 0.3) is 10.9 Å². The third kappa shape index (κ3) is 8.28. The maximum Gasteiger partial charge on any atom is 0.326 e. The molecule has 1 aromatic heterocycles. The number of fused-ring (bicyclic) bond motifs is 1. The summed E-state index contributed by atoms with van der Waals surface area (Å²) in [5.41, 5.74) is 6.98. The van der Waals surface area contributed by atoms with Gasteiger partial charge in [0.15, 0.2) is 0 Å². The fourth-order valence-corrected chi connectivity index (χ4v) is 3.52. The smallest absolute Gasteiger partial charge is 0.326 e. The SMILES string of the molecule is CC(O)C(N)C(=O)NC(Cc1c[nH]c2ccccc12)C(=O)NC(CC(=O)O)C(=O)NC(CC(=O)O)C(=O)O. The second kappa shape index (κ2) is 13.2. The van der Waals surface area contributed by atoms with Crippen molar-refractivity contribution in [1.29, 1.82) is 0 Å². The average Bonchev–Trinajstić information content (AvgIpc) is 3.24. The Balaban J connectivity index is 2.32. The van der Waals surface area contributed by atoms with E-state index in [9.17, 15) is 39.0 Å². The second-order valence-electron chi connectivity index (χ2n) is 8.55. The van der Waals surface area contributed by atoms with Crippen molar-refractivity contribution in [1.82, 2.24) is 20.9 Å². The number of hydrogen-bond donors (Lipinski definition) is 9. The fourth-order valence-electron chi connectivity index (χ4n) is 3.52. The number of hydrogen-bond acceptors (Lipinski definition) is 8. The molecule has 0 saturated carbocycles. The largest absolute Gasteiger partial charge is 0.481 e. The minimum absolute atomic E-state index is 0.133. The van der Waals surface area contributed by atoms with E-state index in [0.717, 1.165) is 10.9 Å². The van der Waals surface area contributed by atoms with Crippen molar-refractivity contribution in [3.8, 4) is 0 Å². The molecule has 2 aromatic rings. The molecule has 0 saturated heterocycles. The Hall–Kier alpha value is -4.50. The quantitative estimate of drug-likeness (QED) is 0.127. The van der Waals surface area contributed by atoms with E-state index >= 15 is 0 Å². The summed E-state index contributed by atoms with van der Waals surface area (Å²) in [5.74, 6) is -7.90. The van der Waals surface area contributed by atoms with Crippen LogP contribution in [-0.4, -0.2) is 91.3 Å². The molecular weight excluding hydrogens is 506 g/mol. The van der Waals surface area contributed by atoms with Gasteiger partial charge in [0.05, 0.1) is 18.9 Å². The maximum atomic E-state index is 13.2. The van der Waals surface area contributed by atoms with Crippen molar-refractivity contribution < 1.29 is 49.2 Å². The van der Waals surface area contributed by atoms with Gasteiger partial charge in [0.25, 0.3) is 0 Å². The molecule has 206 valence electrons. The minimum Gasteiger partial charge on any atom is -0.481 e. The van der Waals surface area contributed by atoms with Crippen LogP contribution in [0.1, 0.15) is 25.3 Å². The van der Waals surface area contributed by atoms with Crippen LogP contribution >= 0.6 is 0 Å². The number of aromatic amines is 1. The lowest BCUT2D eigenvalue weighted by Gasteiger charge is -2.25. The number of aromatic nitrogens is 1. The van der Waals surface area contributed by atoms with Crippen LogP contribution in [0.3, 0.4) is 0 Å². The van der Waals surface area contributed by atoms with Crippen molar-refractivity contribution in [2.45, 2.75) is 56.5 Å². The highest BCUT2D eigenvalue weighted by Crippen LogP contribution is 2.19. The summed E-state index contributed by atoms with van der Waals surface area (Å²) in [4.78, 5) is 75.0. The number of rotatable bonds is 14. The summed E-state index contributed by atoms with van der Waals surface area (Å²) in [6.07, 6.45) is -1.77. The number of para-hydroxylation sites is 1. The zero-order chi connectivity index (χ0) is 28.6. The average molecular weight is 536 g/mol. The van der Waals surface area contributed by atoms with E-state index in [-0.39, 0.29) is 6.42 Å². The number of aliphatic carboxylic acids is 3. The molecule has 0 radical (unpaired) electrons. The number of amides is 3. The van der Waals surface area contributed by atoms with Crippen LogP contribution in [-0.2, 0) is 35.2 Å². The topological polar surface area (TPSA) is 261 Å². The molecular formula is C23H29N5O10. The zero-order valence-corrected chi connectivity index (χ0v) is 20.2. The molecule has 0 aliphatic heterocycles. The van der Waals surface area contributed by atoms with E-state index < -0.39 is 78.7 Å². The number of carbonyl (C=O) groups is 6. The third-order valence-corrected chi connectivity index (χ3v) is 5.56. The van der Waals surface area contributed by atoms with Crippen LogP contribution in [0.15, 0.2) is 30.5 Å². The Morgan fingerprint density at radius 1 is 0.842 bits per heavy atom. The zero-order valence-electron chi connectivity index (χ0n) is 20.2. The van der Waals surface area contributed by atoms with Gasteiger partial charge in [-0.25, -0.2) is 4.79 Å². The Bertz CT molecular complexity index is 1210. The number of nitrogens with two attached hydrogens (primary N) is 1. The van der Waals surface area contributed by atoms with Crippen molar-refractivity contribution in [2.75, 3.05) is 0 Å². The maximum absolute atomic E-state index is 13.2. The lowest BCUT2D eigenvalue weighted by Crippen LogP contribution is -2.59. The van der Waals surface area contributed by atoms with Crippen molar-refractivity contribution in [3.63, 3.8) is 0 Å². The van der Waals surface area contributed by atoms with Gasteiger partial charge in [0, 0.05) is 23.5 Å². The molecule has 1 aromatic carbocycles.